The molecule has 2 rings (SSSR count). The van der Waals surface area contributed by atoms with Gasteiger partial charge in [0.05, 0.1) is 0 Å². The van der Waals surface area contributed by atoms with Crippen molar-refractivity contribution in [2.75, 3.05) is 20.2 Å². The topological polar surface area (TPSA) is 66.6 Å². The number of carbonyl (C=O) groups is 1. The van der Waals surface area contributed by atoms with Crippen LogP contribution in [-0.2, 0) is 6.54 Å². The van der Waals surface area contributed by atoms with E-state index >= 15 is 0 Å². The lowest BCUT2D eigenvalue weighted by Crippen LogP contribution is -2.18. The fourth-order valence-corrected chi connectivity index (χ4v) is 1.97. The van der Waals surface area contributed by atoms with Gasteiger partial charge in [-0.15, -0.1) is 0 Å². The van der Waals surface area contributed by atoms with E-state index in [0.29, 0.717) is 5.56 Å². The van der Waals surface area contributed by atoms with Gasteiger partial charge in [-0.25, -0.2) is 0 Å². The third-order valence-electron chi connectivity index (χ3n) is 2.84. The van der Waals surface area contributed by atoms with E-state index in [1.165, 1.54) is 31.5 Å². The molecule has 0 radical (unpaired) electrons. The first-order valence-electron chi connectivity index (χ1n) is 5.81. The molecule has 0 aromatic heterocycles. The third-order valence-corrected chi connectivity index (χ3v) is 2.84. The minimum atomic E-state index is -0.359. The van der Waals surface area contributed by atoms with Crippen molar-refractivity contribution < 1.29 is 9.90 Å². The summed E-state index contributed by atoms with van der Waals surface area (Å²) < 4.78 is 0. The van der Waals surface area contributed by atoms with Gasteiger partial charge in [0.15, 0.2) is 0 Å². The number of aliphatic hydroxyl groups excluding tert-OH is 1. The molecule has 1 heterocycles. The molecule has 1 aliphatic rings. The number of amides is 1. The molecular formula is C13H20N2O2. The summed E-state index contributed by atoms with van der Waals surface area (Å²) in [7, 11) is 1.00. The van der Waals surface area contributed by atoms with Crippen molar-refractivity contribution >= 4 is 5.91 Å². The maximum atomic E-state index is 10.9. The molecule has 3 N–H and O–H groups in total. The lowest BCUT2D eigenvalue weighted by atomic mass is 10.1. The lowest BCUT2D eigenvalue weighted by molar-refractivity contribution is 0.100. The van der Waals surface area contributed by atoms with Crippen LogP contribution >= 0.6 is 0 Å². The highest BCUT2D eigenvalue weighted by molar-refractivity contribution is 5.92. The molecule has 1 aromatic rings. The first kappa shape index (κ1) is 13.7. The molecule has 0 aliphatic carbocycles. The van der Waals surface area contributed by atoms with E-state index in [9.17, 15) is 4.79 Å². The molecule has 1 aliphatic heterocycles. The SMILES string of the molecule is CO.NC(=O)c1ccc(CN2CCCC2)cc1. The van der Waals surface area contributed by atoms with Gasteiger partial charge in [-0.3, -0.25) is 9.69 Å². The zero-order chi connectivity index (χ0) is 12.7. The van der Waals surface area contributed by atoms with Crippen LogP contribution in [0.1, 0.15) is 28.8 Å². The van der Waals surface area contributed by atoms with Crippen molar-refractivity contribution in [1.82, 2.24) is 4.90 Å². The molecule has 0 atom stereocenters. The number of likely N-dealkylation sites (tertiary alicyclic amines) is 1. The van der Waals surface area contributed by atoms with E-state index in [1.54, 1.807) is 12.1 Å². The van der Waals surface area contributed by atoms with Crippen LogP contribution in [0.2, 0.25) is 0 Å². The van der Waals surface area contributed by atoms with Gasteiger partial charge >= 0.3 is 0 Å². The highest BCUT2D eigenvalue weighted by Gasteiger charge is 2.11. The zero-order valence-electron chi connectivity index (χ0n) is 10.2. The van der Waals surface area contributed by atoms with E-state index < -0.39 is 0 Å². The average Bonchev–Trinajstić information content (AvgIpc) is 2.85. The van der Waals surface area contributed by atoms with Crippen molar-refractivity contribution in [3.05, 3.63) is 35.4 Å². The summed E-state index contributed by atoms with van der Waals surface area (Å²) in [5, 5.41) is 7.00. The summed E-state index contributed by atoms with van der Waals surface area (Å²) in [6.45, 7) is 3.37. The van der Waals surface area contributed by atoms with E-state index in [-0.39, 0.29) is 5.91 Å². The molecule has 17 heavy (non-hydrogen) atoms. The van der Waals surface area contributed by atoms with Gasteiger partial charge in [0.2, 0.25) is 5.91 Å². The minimum Gasteiger partial charge on any atom is -0.400 e. The summed E-state index contributed by atoms with van der Waals surface area (Å²) >= 11 is 0. The number of hydrogen-bond acceptors (Lipinski definition) is 3. The molecule has 1 amide bonds. The van der Waals surface area contributed by atoms with Gasteiger partial charge in [0.25, 0.3) is 0 Å². The molecule has 0 saturated carbocycles. The largest absolute Gasteiger partial charge is 0.400 e. The van der Waals surface area contributed by atoms with Crippen LogP contribution in [0.15, 0.2) is 24.3 Å². The quantitative estimate of drug-likeness (QED) is 0.822. The van der Waals surface area contributed by atoms with Crippen LogP contribution in [0, 0.1) is 0 Å². The van der Waals surface area contributed by atoms with E-state index in [0.717, 1.165) is 13.7 Å². The van der Waals surface area contributed by atoms with Crippen LogP contribution in [-0.4, -0.2) is 36.1 Å². The van der Waals surface area contributed by atoms with Gasteiger partial charge < -0.3 is 10.8 Å². The Kier molecular flexibility index (Phi) is 5.66. The number of aliphatic hydroxyl groups is 1. The van der Waals surface area contributed by atoms with Crippen molar-refractivity contribution in [3.8, 4) is 0 Å². The fourth-order valence-electron chi connectivity index (χ4n) is 1.97. The van der Waals surface area contributed by atoms with Gasteiger partial charge in [-0.05, 0) is 43.6 Å². The Morgan fingerprint density at radius 1 is 1.24 bits per heavy atom. The Morgan fingerprint density at radius 3 is 2.24 bits per heavy atom. The van der Waals surface area contributed by atoms with Crippen LogP contribution in [0.25, 0.3) is 0 Å². The highest BCUT2D eigenvalue weighted by Crippen LogP contribution is 2.13. The number of primary amides is 1. The third kappa shape index (κ3) is 4.17. The van der Waals surface area contributed by atoms with Gasteiger partial charge in [-0.1, -0.05) is 12.1 Å². The van der Waals surface area contributed by atoms with Crippen molar-refractivity contribution in [2.24, 2.45) is 5.73 Å². The Bertz CT molecular complexity index is 343. The zero-order valence-corrected chi connectivity index (χ0v) is 10.2. The number of carbonyl (C=O) groups excluding carboxylic acids is 1. The molecule has 1 saturated heterocycles. The van der Waals surface area contributed by atoms with Gasteiger partial charge in [-0.2, -0.15) is 0 Å². The van der Waals surface area contributed by atoms with Gasteiger partial charge in [0.1, 0.15) is 0 Å². The maximum Gasteiger partial charge on any atom is 0.248 e. The standard InChI is InChI=1S/C12H16N2O.CH4O/c13-12(15)11-5-3-10(4-6-11)9-14-7-1-2-8-14;1-2/h3-6H,1-2,7-9H2,(H2,13,15);2H,1H3. The predicted molar refractivity (Wildman–Crippen MR) is 67.6 cm³/mol. The predicted octanol–water partition coefficient (Wildman–Crippen LogP) is 0.990. The summed E-state index contributed by atoms with van der Waals surface area (Å²) in [5.41, 5.74) is 7.01. The molecule has 1 fully saturated rings. The van der Waals surface area contributed by atoms with Crippen LogP contribution < -0.4 is 5.73 Å². The van der Waals surface area contributed by atoms with E-state index in [4.69, 9.17) is 10.8 Å². The normalized spacial score (nSPS) is 15.2. The first-order chi connectivity index (χ1) is 8.25. The monoisotopic (exact) mass is 236 g/mol. The second kappa shape index (κ2) is 7.04. The maximum absolute atomic E-state index is 10.9. The highest BCUT2D eigenvalue weighted by atomic mass is 16.2. The Morgan fingerprint density at radius 2 is 1.76 bits per heavy atom. The van der Waals surface area contributed by atoms with Crippen molar-refractivity contribution in [1.29, 1.82) is 0 Å². The van der Waals surface area contributed by atoms with Crippen LogP contribution in [0.5, 0.6) is 0 Å². The summed E-state index contributed by atoms with van der Waals surface area (Å²) in [4.78, 5) is 13.3. The number of hydrogen-bond donors (Lipinski definition) is 2. The summed E-state index contributed by atoms with van der Waals surface area (Å²) in [5.74, 6) is -0.359. The Balaban J connectivity index is 0.000000686. The van der Waals surface area contributed by atoms with Gasteiger partial charge in [0, 0.05) is 19.2 Å². The van der Waals surface area contributed by atoms with Crippen LogP contribution in [0.4, 0.5) is 0 Å². The molecule has 0 spiro atoms. The van der Waals surface area contributed by atoms with E-state index in [1.807, 2.05) is 12.1 Å². The number of nitrogens with zero attached hydrogens (tertiary/aromatic N) is 1. The van der Waals surface area contributed by atoms with Crippen LogP contribution in [0.3, 0.4) is 0 Å². The average molecular weight is 236 g/mol. The smallest absolute Gasteiger partial charge is 0.248 e. The molecule has 94 valence electrons. The number of rotatable bonds is 3. The summed E-state index contributed by atoms with van der Waals surface area (Å²) in [6, 6.07) is 7.57. The minimum absolute atomic E-state index is 0.359. The summed E-state index contributed by atoms with van der Waals surface area (Å²) in [6.07, 6.45) is 2.61. The lowest BCUT2D eigenvalue weighted by Gasteiger charge is -2.14. The van der Waals surface area contributed by atoms with Crippen molar-refractivity contribution in [3.63, 3.8) is 0 Å². The molecule has 4 nitrogen and oxygen atoms in total. The Hall–Kier alpha value is -1.39. The fraction of sp³-hybridized carbons (Fsp3) is 0.462. The first-order valence-corrected chi connectivity index (χ1v) is 5.81. The second-order valence-electron chi connectivity index (χ2n) is 4.04. The molecule has 0 bridgehead atoms. The second-order valence-corrected chi connectivity index (χ2v) is 4.04. The van der Waals surface area contributed by atoms with Crippen molar-refractivity contribution in [2.45, 2.75) is 19.4 Å². The molecular weight excluding hydrogens is 216 g/mol. The molecule has 0 unspecified atom stereocenters. The number of benzene rings is 1. The molecule has 1 aromatic carbocycles. The van der Waals surface area contributed by atoms with E-state index in [2.05, 4.69) is 4.90 Å². The number of nitrogens with two attached hydrogens (primary N) is 1. The molecule has 4 heteroatoms. The Labute approximate surface area is 102 Å².